The number of thiophene rings is 1. The number of carboxylic acid groups (broad SMARTS) is 1. The van der Waals surface area contributed by atoms with Gasteiger partial charge in [0.1, 0.15) is 6.54 Å². The predicted octanol–water partition coefficient (Wildman–Crippen LogP) is 2.12. The van der Waals surface area contributed by atoms with Crippen LogP contribution in [-0.4, -0.2) is 34.6 Å². The number of nitrogens with zero attached hydrogens (tertiary/aromatic N) is 1. The van der Waals surface area contributed by atoms with Crippen molar-refractivity contribution in [3.63, 3.8) is 0 Å². The summed E-state index contributed by atoms with van der Waals surface area (Å²) in [4.78, 5) is 26.5. The highest BCUT2D eigenvalue weighted by Gasteiger charge is 2.33. The molecule has 5 nitrogen and oxygen atoms in total. The van der Waals surface area contributed by atoms with Gasteiger partial charge in [0, 0.05) is 15.8 Å². The molecule has 1 saturated carbocycles. The minimum absolute atomic E-state index is 0.0999. The number of carbonyl (C=O) groups is 2. The predicted molar refractivity (Wildman–Crippen MR) is 73.4 cm³/mol. The van der Waals surface area contributed by atoms with E-state index in [0.717, 1.165) is 17.7 Å². The normalized spacial score (nSPS) is 14.2. The average Bonchev–Trinajstić information content (AvgIpc) is 3.11. The van der Waals surface area contributed by atoms with E-state index in [-0.39, 0.29) is 18.6 Å². The molecule has 0 spiro atoms. The van der Waals surface area contributed by atoms with Crippen LogP contribution in [0.4, 0.5) is 4.79 Å². The van der Waals surface area contributed by atoms with E-state index in [4.69, 9.17) is 5.11 Å². The van der Waals surface area contributed by atoms with E-state index < -0.39 is 5.97 Å². The minimum Gasteiger partial charge on any atom is -0.480 e. The highest BCUT2D eigenvalue weighted by Crippen LogP contribution is 2.26. The molecular formula is C13H18N2O3S. The highest BCUT2D eigenvalue weighted by molar-refractivity contribution is 7.12. The molecule has 6 heteroatoms. The smallest absolute Gasteiger partial charge is 0.323 e. The Bertz CT molecular complexity index is 475. The average molecular weight is 282 g/mol. The number of aryl methyl sites for hydroxylation is 2. The molecular weight excluding hydrogens is 264 g/mol. The van der Waals surface area contributed by atoms with Gasteiger partial charge in [-0.15, -0.1) is 11.3 Å². The van der Waals surface area contributed by atoms with Crippen molar-refractivity contribution in [2.45, 2.75) is 39.3 Å². The van der Waals surface area contributed by atoms with Gasteiger partial charge in [-0.3, -0.25) is 4.79 Å². The van der Waals surface area contributed by atoms with Crippen LogP contribution in [0.3, 0.4) is 0 Å². The zero-order valence-corrected chi connectivity index (χ0v) is 11.9. The molecule has 0 saturated heterocycles. The standard InChI is InChI=1S/C13H18N2O3S/c1-8-5-11(19-9(8)2)6-14-13(18)15(7-12(16)17)10-3-4-10/h5,10H,3-4,6-7H2,1-2H3,(H,14,18)(H,16,17). The number of carbonyl (C=O) groups excluding carboxylic acids is 1. The van der Waals surface area contributed by atoms with Crippen molar-refractivity contribution in [3.8, 4) is 0 Å². The summed E-state index contributed by atoms with van der Waals surface area (Å²) >= 11 is 1.66. The van der Waals surface area contributed by atoms with Crippen molar-refractivity contribution < 1.29 is 14.7 Å². The number of rotatable bonds is 5. The van der Waals surface area contributed by atoms with Gasteiger partial charge in [0.05, 0.1) is 6.54 Å². The van der Waals surface area contributed by atoms with Crippen molar-refractivity contribution in [1.82, 2.24) is 10.2 Å². The lowest BCUT2D eigenvalue weighted by Crippen LogP contribution is -2.43. The summed E-state index contributed by atoms with van der Waals surface area (Å²) < 4.78 is 0. The number of urea groups is 1. The van der Waals surface area contributed by atoms with Crippen molar-refractivity contribution >= 4 is 23.3 Å². The Morgan fingerprint density at radius 1 is 1.47 bits per heavy atom. The Morgan fingerprint density at radius 3 is 2.63 bits per heavy atom. The molecule has 0 bridgehead atoms. The van der Waals surface area contributed by atoms with E-state index in [0.29, 0.717) is 6.54 Å². The van der Waals surface area contributed by atoms with Crippen LogP contribution in [0.15, 0.2) is 6.07 Å². The van der Waals surface area contributed by atoms with Crippen LogP contribution < -0.4 is 5.32 Å². The molecule has 1 aromatic heterocycles. The lowest BCUT2D eigenvalue weighted by atomic mass is 10.3. The maximum atomic E-state index is 12.0. The Kier molecular flexibility index (Phi) is 4.09. The van der Waals surface area contributed by atoms with Crippen LogP contribution in [0.5, 0.6) is 0 Å². The topological polar surface area (TPSA) is 69.6 Å². The van der Waals surface area contributed by atoms with Gasteiger partial charge >= 0.3 is 12.0 Å². The van der Waals surface area contributed by atoms with Crippen molar-refractivity contribution in [2.75, 3.05) is 6.54 Å². The minimum atomic E-state index is -0.968. The molecule has 0 aliphatic heterocycles. The summed E-state index contributed by atoms with van der Waals surface area (Å²) in [5.74, 6) is -0.968. The molecule has 0 radical (unpaired) electrons. The Balaban J connectivity index is 1.90. The number of amides is 2. The number of aliphatic carboxylic acids is 1. The second kappa shape index (κ2) is 5.61. The van der Waals surface area contributed by atoms with Gasteiger partial charge in [-0.25, -0.2) is 4.79 Å². The largest absolute Gasteiger partial charge is 0.480 e. The molecule has 0 unspecified atom stereocenters. The molecule has 1 aliphatic rings. The van der Waals surface area contributed by atoms with Gasteiger partial charge in [0.25, 0.3) is 0 Å². The summed E-state index contributed by atoms with van der Waals surface area (Å²) in [6, 6.07) is 1.87. The number of hydrogen-bond acceptors (Lipinski definition) is 3. The first-order chi connectivity index (χ1) is 8.97. The molecule has 0 aromatic carbocycles. The molecule has 2 N–H and O–H groups in total. The number of nitrogens with one attached hydrogen (secondary N) is 1. The fraction of sp³-hybridized carbons (Fsp3) is 0.538. The summed E-state index contributed by atoms with van der Waals surface area (Å²) in [7, 11) is 0. The zero-order chi connectivity index (χ0) is 14.0. The fourth-order valence-electron chi connectivity index (χ4n) is 1.90. The second-order valence-electron chi connectivity index (χ2n) is 4.86. The Labute approximate surface area is 116 Å². The third-order valence-corrected chi connectivity index (χ3v) is 4.34. The first-order valence-corrected chi connectivity index (χ1v) is 7.11. The zero-order valence-electron chi connectivity index (χ0n) is 11.1. The monoisotopic (exact) mass is 282 g/mol. The van der Waals surface area contributed by atoms with Crippen LogP contribution in [0.1, 0.15) is 28.2 Å². The molecule has 1 aromatic rings. The van der Waals surface area contributed by atoms with E-state index in [1.54, 1.807) is 11.3 Å². The van der Waals surface area contributed by atoms with Crippen molar-refractivity contribution in [1.29, 1.82) is 0 Å². The van der Waals surface area contributed by atoms with Gasteiger partial charge in [-0.05, 0) is 38.3 Å². The summed E-state index contributed by atoms with van der Waals surface area (Å²) in [5.41, 5.74) is 1.22. The number of carboxylic acids is 1. The molecule has 104 valence electrons. The molecule has 19 heavy (non-hydrogen) atoms. The van der Waals surface area contributed by atoms with Gasteiger partial charge in [0.15, 0.2) is 0 Å². The Hall–Kier alpha value is -1.56. The van der Waals surface area contributed by atoms with E-state index in [1.807, 2.05) is 13.8 Å². The van der Waals surface area contributed by atoms with E-state index in [9.17, 15) is 9.59 Å². The molecule has 1 fully saturated rings. The summed E-state index contributed by atoms with van der Waals surface area (Å²) in [5, 5.41) is 11.6. The van der Waals surface area contributed by atoms with E-state index >= 15 is 0 Å². The highest BCUT2D eigenvalue weighted by atomic mass is 32.1. The summed E-state index contributed by atoms with van der Waals surface area (Å²) in [6.45, 7) is 4.32. The lowest BCUT2D eigenvalue weighted by molar-refractivity contribution is -0.137. The Morgan fingerprint density at radius 2 is 2.16 bits per heavy atom. The fourth-order valence-corrected chi connectivity index (χ4v) is 2.89. The van der Waals surface area contributed by atoms with Gasteiger partial charge < -0.3 is 15.3 Å². The van der Waals surface area contributed by atoms with Gasteiger partial charge in [-0.1, -0.05) is 0 Å². The molecule has 1 heterocycles. The van der Waals surface area contributed by atoms with E-state index in [1.165, 1.54) is 15.3 Å². The van der Waals surface area contributed by atoms with Crippen LogP contribution in [0.25, 0.3) is 0 Å². The van der Waals surface area contributed by atoms with Gasteiger partial charge in [-0.2, -0.15) is 0 Å². The van der Waals surface area contributed by atoms with Gasteiger partial charge in [0.2, 0.25) is 0 Å². The van der Waals surface area contributed by atoms with Crippen LogP contribution >= 0.6 is 11.3 Å². The quantitative estimate of drug-likeness (QED) is 0.869. The van der Waals surface area contributed by atoms with Crippen LogP contribution in [0, 0.1) is 13.8 Å². The first kappa shape index (κ1) is 13.9. The third-order valence-electron chi connectivity index (χ3n) is 3.18. The molecule has 2 amide bonds. The SMILES string of the molecule is Cc1cc(CNC(=O)N(CC(=O)O)C2CC2)sc1C. The number of hydrogen-bond donors (Lipinski definition) is 2. The third kappa shape index (κ3) is 3.70. The second-order valence-corrected chi connectivity index (χ2v) is 6.20. The first-order valence-electron chi connectivity index (χ1n) is 6.29. The van der Waals surface area contributed by atoms with Crippen molar-refractivity contribution in [3.05, 3.63) is 21.4 Å². The maximum absolute atomic E-state index is 12.0. The lowest BCUT2D eigenvalue weighted by Gasteiger charge is -2.20. The molecule has 1 aliphatic carbocycles. The maximum Gasteiger partial charge on any atom is 0.323 e. The van der Waals surface area contributed by atoms with Crippen LogP contribution in [-0.2, 0) is 11.3 Å². The van der Waals surface area contributed by atoms with Crippen LogP contribution in [0.2, 0.25) is 0 Å². The van der Waals surface area contributed by atoms with E-state index in [2.05, 4.69) is 11.4 Å². The van der Waals surface area contributed by atoms with Crippen molar-refractivity contribution in [2.24, 2.45) is 0 Å². The molecule has 2 rings (SSSR count). The molecule has 0 atom stereocenters. The summed E-state index contributed by atoms with van der Waals surface area (Å²) in [6.07, 6.45) is 1.80.